The van der Waals surface area contributed by atoms with Crippen molar-refractivity contribution in [2.45, 2.75) is 31.7 Å². The fourth-order valence-electron chi connectivity index (χ4n) is 2.81. The summed E-state index contributed by atoms with van der Waals surface area (Å²) in [6, 6.07) is 7.97. The first-order valence-corrected chi connectivity index (χ1v) is 8.08. The summed E-state index contributed by atoms with van der Waals surface area (Å²) >= 11 is 0. The SMILES string of the molecule is Cc1ccccc1OCC(=O)N1CC(n2cc(C3CC3)nn2)C1. The Balaban J connectivity index is 1.27. The first kappa shape index (κ1) is 14.2. The van der Waals surface area contributed by atoms with Crippen LogP contribution in [0.15, 0.2) is 30.5 Å². The van der Waals surface area contributed by atoms with Crippen molar-refractivity contribution in [3.63, 3.8) is 0 Å². The standard InChI is InChI=1S/C17H20N4O2/c1-12-4-2-3-5-16(12)23-11-17(22)20-8-14(9-20)21-10-15(18-19-21)13-6-7-13/h2-5,10,13-14H,6-9,11H2,1H3. The maximum absolute atomic E-state index is 12.2. The molecule has 6 heteroatoms. The second kappa shape index (κ2) is 5.68. The first-order chi connectivity index (χ1) is 11.2. The summed E-state index contributed by atoms with van der Waals surface area (Å²) in [4.78, 5) is 14.0. The molecule has 2 fully saturated rings. The number of carbonyl (C=O) groups is 1. The zero-order chi connectivity index (χ0) is 15.8. The third kappa shape index (κ3) is 2.93. The molecule has 1 aliphatic carbocycles. The van der Waals surface area contributed by atoms with Crippen LogP contribution < -0.4 is 4.74 Å². The van der Waals surface area contributed by atoms with E-state index < -0.39 is 0 Å². The van der Waals surface area contributed by atoms with Crippen molar-refractivity contribution in [2.75, 3.05) is 19.7 Å². The molecule has 0 atom stereocenters. The van der Waals surface area contributed by atoms with Gasteiger partial charge in [-0.05, 0) is 31.4 Å². The van der Waals surface area contributed by atoms with Gasteiger partial charge in [0.15, 0.2) is 6.61 Å². The number of para-hydroxylation sites is 1. The molecule has 120 valence electrons. The number of carbonyl (C=O) groups excluding carboxylic acids is 1. The molecule has 1 aromatic carbocycles. The van der Waals surface area contributed by atoms with E-state index in [0.29, 0.717) is 19.0 Å². The van der Waals surface area contributed by atoms with Gasteiger partial charge in [-0.1, -0.05) is 23.4 Å². The monoisotopic (exact) mass is 312 g/mol. The van der Waals surface area contributed by atoms with Crippen molar-refractivity contribution in [1.29, 1.82) is 0 Å². The Labute approximate surface area is 135 Å². The summed E-state index contributed by atoms with van der Waals surface area (Å²) in [7, 11) is 0. The fraction of sp³-hybridized carbons (Fsp3) is 0.471. The Morgan fingerprint density at radius 1 is 1.30 bits per heavy atom. The number of rotatable bonds is 5. The number of likely N-dealkylation sites (tertiary alicyclic amines) is 1. The summed E-state index contributed by atoms with van der Waals surface area (Å²) in [6.45, 7) is 3.43. The van der Waals surface area contributed by atoms with Crippen molar-refractivity contribution < 1.29 is 9.53 Å². The van der Waals surface area contributed by atoms with Crippen molar-refractivity contribution in [3.05, 3.63) is 41.7 Å². The first-order valence-electron chi connectivity index (χ1n) is 8.08. The molecule has 2 aliphatic rings. The third-order valence-corrected chi connectivity index (χ3v) is 4.56. The van der Waals surface area contributed by atoms with Crippen LogP contribution in [-0.4, -0.2) is 45.5 Å². The number of nitrogens with zero attached hydrogens (tertiary/aromatic N) is 4. The lowest BCUT2D eigenvalue weighted by Gasteiger charge is -2.38. The Bertz CT molecular complexity index is 717. The topological polar surface area (TPSA) is 60.2 Å². The molecule has 4 rings (SSSR count). The largest absolute Gasteiger partial charge is 0.484 e. The zero-order valence-electron chi connectivity index (χ0n) is 13.2. The molecule has 0 radical (unpaired) electrons. The molecule has 1 amide bonds. The summed E-state index contributed by atoms with van der Waals surface area (Å²) < 4.78 is 7.52. The van der Waals surface area contributed by atoms with Crippen molar-refractivity contribution in [1.82, 2.24) is 19.9 Å². The van der Waals surface area contributed by atoms with E-state index in [2.05, 4.69) is 10.3 Å². The lowest BCUT2D eigenvalue weighted by Crippen LogP contribution is -2.52. The van der Waals surface area contributed by atoms with E-state index in [9.17, 15) is 4.79 Å². The van der Waals surface area contributed by atoms with Crippen molar-refractivity contribution in [2.24, 2.45) is 0 Å². The molecule has 2 heterocycles. The van der Waals surface area contributed by atoms with Gasteiger partial charge in [-0.25, -0.2) is 4.68 Å². The van der Waals surface area contributed by atoms with E-state index in [1.165, 1.54) is 12.8 Å². The fourth-order valence-corrected chi connectivity index (χ4v) is 2.81. The van der Waals surface area contributed by atoms with E-state index in [0.717, 1.165) is 17.0 Å². The van der Waals surface area contributed by atoms with Crippen LogP contribution in [0.3, 0.4) is 0 Å². The van der Waals surface area contributed by atoms with Gasteiger partial charge in [0.2, 0.25) is 0 Å². The molecule has 0 unspecified atom stereocenters. The maximum Gasteiger partial charge on any atom is 0.260 e. The van der Waals surface area contributed by atoms with Gasteiger partial charge in [-0.15, -0.1) is 5.10 Å². The minimum Gasteiger partial charge on any atom is -0.484 e. The molecule has 2 aromatic rings. The lowest BCUT2D eigenvalue weighted by molar-refractivity contribution is -0.139. The van der Waals surface area contributed by atoms with Crippen molar-refractivity contribution >= 4 is 5.91 Å². The van der Waals surface area contributed by atoms with Gasteiger partial charge in [0, 0.05) is 25.2 Å². The smallest absolute Gasteiger partial charge is 0.260 e. The Hall–Kier alpha value is -2.37. The van der Waals surface area contributed by atoms with Crippen LogP contribution in [0.2, 0.25) is 0 Å². The van der Waals surface area contributed by atoms with E-state index in [1.807, 2.05) is 42.1 Å². The highest BCUT2D eigenvalue weighted by Gasteiger charge is 2.34. The van der Waals surface area contributed by atoms with Crippen LogP contribution in [0, 0.1) is 6.92 Å². The minimum absolute atomic E-state index is 0.0204. The lowest BCUT2D eigenvalue weighted by atomic mass is 10.1. The molecule has 1 aromatic heterocycles. The van der Waals surface area contributed by atoms with E-state index in [4.69, 9.17) is 4.74 Å². The van der Waals surface area contributed by atoms with Gasteiger partial charge in [0.25, 0.3) is 5.91 Å². The van der Waals surface area contributed by atoms with Crippen LogP contribution in [0.25, 0.3) is 0 Å². The molecule has 0 bridgehead atoms. The van der Waals surface area contributed by atoms with Gasteiger partial charge < -0.3 is 9.64 Å². The van der Waals surface area contributed by atoms with Gasteiger partial charge >= 0.3 is 0 Å². The number of hydrogen-bond donors (Lipinski definition) is 0. The third-order valence-electron chi connectivity index (χ3n) is 4.56. The number of aromatic nitrogens is 3. The number of hydrogen-bond acceptors (Lipinski definition) is 4. The normalized spacial score (nSPS) is 17.9. The predicted octanol–water partition coefficient (Wildman–Crippen LogP) is 1.93. The van der Waals surface area contributed by atoms with Crippen LogP contribution in [0.5, 0.6) is 5.75 Å². The van der Waals surface area contributed by atoms with Crippen LogP contribution in [0.4, 0.5) is 0 Å². The second-order valence-electron chi connectivity index (χ2n) is 6.40. The number of amides is 1. The van der Waals surface area contributed by atoms with Gasteiger partial charge in [0.05, 0.1) is 11.7 Å². The molecule has 6 nitrogen and oxygen atoms in total. The maximum atomic E-state index is 12.2. The van der Waals surface area contributed by atoms with Crippen LogP contribution in [0.1, 0.15) is 36.1 Å². The predicted molar refractivity (Wildman–Crippen MR) is 84.3 cm³/mol. The number of aryl methyl sites for hydroxylation is 1. The van der Waals surface area contributed by atoms with Crippen LogP contribution in [-0.2, 0) is 4.79 Å². The molecule has 1 saturated heterocycles. The van der Waals surface area contributed by atoms with Gasteiger partial charge in [-0.2, -0.15) is 0 Å². The molecular weight excluding hydrogens is 292 g/mol. The summed E-state index contributed by atoms with van der Waals surface area (Å²) in [6.07, 6.45) is 4.49. The highest BCUT2D eigenvalue weighted by atomic mass is 16.5. The Kier molecular flexibility index (Phi) is 3.52. The second-order valence-corrected chi connectivity index (χ2v) is 6.40. The molecule has 0 N–H and O–H groups in total. The Morgan fingerprint density at radius 3 is 2.83 bits per heavy atom. The van der Waals surface area contributed by atoms with E-state index in [1.54, 1.807) is 4.90 Å². The quantitative estimate of drug-likeness (QED) is 0.846. The van der Waals surface area contributed by atoms with Gasteiger partial charge in [-0.3, -0.25) is 4.79 Å². The summed E-state index contributed by atoms with van der Waals surface area (Å²) in [5, 5.41) is 8.42. The zero-order valence-corrected chi connectivity index (χ0v) is 13.2. The molecule has 23 heavy (non-hydrogen) atoms. The number of benzene rings is 1. The molecule has 0 spiro atoms. The summed E-state index contributed by atoms with van der Waals surface area (Å²) in [5.74, 6) is 1.40. The molecular formula is C17H20N4O2. The highest BCUT2D eigenvalue weighted by molar-refractivity contribution is 5.78. The average Bonchev–Trinajstić information content (AvgIpc) is 3.24. The molecule has 1 saturated carbocycles. The number of ether oxygens (including phenoxy) is 1. The van der Waals surface area contributed by atoms with Crippen molar-refractivity contribution in [3.8, 4) is 5.75 Å². The van der Waals surface area contributed by atoms with E-state index in [-0.39, 0.29) is 18.6 Å². The molecule has 1 aliphatic heterocycles. The summed E-state index contributed by atoms with van der Waals surface area (Å²) in [5.41, 5.74) is 2.13. The van der Waals surface area contributed by atoms with Gasteiger partial charge in [0.1, 0.15) is 5.75 Å². The minimum atomic E-state index is 0.0204. The Morgan fingerprint density at radius 2 is 2.09 bits per heavy atom. The van der Waals surface area contributed by atoms with E-state index >= 15 is 0 Å². The average molecular weight is 312 g/mol. The highest BCUT2D eigenvalue weighted by Crippen LogP contribution is 2.39. The van der Waals surface area contributed by atoms with Crippen LogP contribution >= 0.6 is 0 Å².